The van der Waals surface area contributed by atoms with Crippen LogP contribution < -0.4 is 32.9 Å². The highest BCUT2D eigenvalue weighted by molar-refractivity contribution is 6.13. The van der Waals surface area contributed by atoms with Gasteiger partial charge in [-0.2, -0.15) is 0 Å². The van der Waals surface area contributed by atoms with Crippen LogP contribution in [0.3, 0.4) is 0 Å². The number of nitrogens with two attached hydrogens (primary N) is 2. The van der Waals surface area contributed by atoms with E-state index in [-0.39, 0.29) is 78.1 Å². The van der Waals surface area contributed by atoms with Crippen molar-refractivity contribution < 1.29 is 57.3 Å². The number of imide groups is 1. The van der Waals surface area contributed by atoms with E-state index in [0.29, 0.717) is 0 Å². The van der Waals surface area contributed by atoms with Crippen LogP contribution in [-0.4, -0.2) is 125 Å². The SMILES string of the molecule is NOCC(=O)NCC(NC(=O)OCCOCCNC(=O)OCCOCCNC(=O)CCN1C(=O)C=CC1=O)C(N)=O. The minimum Gasteiger partial charge on any atom is -0.447 e. The van der Waals surface area contributed by atoms with Gasteiger partial charge in [-0.3, -0.25) is 33.7 Å². The molecule has 0 fully saturated rings. The molecule has 1 unspecified atom stereocenters. The zero-order valence-corrected chi connectivity index (χ0v) is 22.2. The normalized spacial score (nSPS) is 13.0. The van der Waals surface area contributed by atoms with Crippen LogP contribution in [0.15, 0.2) is 12.2 Å². The van der Waals surface area contributed by atoms with Gasteiger partial charge in [-0.25, -0.2) is 15.5 Å². The number of amides is 7. The molecule has 230 valence electrons. The predicted molar refractivity (Wildman–Crippen MR) is 135 cm³/mol. The van der Waals surface area contributed by atoms with E-state index >= 15 is 0 Å². The Morgan fingerprint density at radius 1 is 0.780 bits per heavy atom. The van der Waals surface area contributed by atoms with Gasteiger partial charge in [-0.1, -0.05) is 0 Å². The number of hydrogen-bond acceptors (Lipinski definition) is 13. The molecule has 0 radical (unpaired) electrons. The molecule has 1 aliphatic rings. The van der Waals surface area contributed by atoms with E-state index in [0.717, 1.165) is 17.1 Å². The third-order valence-electron chi connectivity index (χ3n) is 4.82. The first-order valence-corrected chi connectivity index (χ1v) is 12.3. The summed E-state index contributed by atoms with van der Waals surface area (Å²) in [6.45, 7) is -0.291. The van der Waals surface area contributed by atoms with Crippen molar-refractivity contribution in [3.8, 4) is 0 Å². The Balaban J connectivity index is 1.95. The Kier molecular flexibility index (Phi) is 17.4. The lowest BCUT2D eigenvalue weighted by Gasteiger charge is -2.16. The van der Waals surface area contributed by atoms with Gasteiger partial charge in [0.25, 0.3) is 11.8 Å². The molecule has 19 heteroatoms. The van der Waals surface area contributed by atoms with Gasteiger partial charge in [-0.05, 0) is 0 Å². The molecule has 1 heterocycles. The summed E-state index contributed by atoms with van der Waals surface area (Å²) in [7, 11) is 0. The highest BCUT2D eigenvalue weighted by Gasteiger charge is 2.23. The van der Waals surface area contributed by atoms with Gasteiger partial charge in [0.1, 0.15) is 25.9 Å². The molecular formula is C22H35N7O12. The van der Waals surface area contributed by atoms with Gasteiger partial charge in [0, 0.05) is 44.8 Å². The number of ether oxygens (including phenoxy) is 4. The zero-order valence-electron chi connectivity index (χ0n) is 22.2. The zero-order chi connectivity index (χ0) is 30.5. The molecule has 0 aromatic rings. The first kappa shape index (κ1) is 34.7. The largest absolute Gasteiger partial charge is 0.447 e. The lowest BCUT2D eigenvalue weighted by Crippen LogP contribution is -2.51. The third-order valence-corrected chi connectivity index (χ3v) is 4.82. The summed E-state index contributed by atoms with van der Waals surface area (Å²) >= 11 is 0. The summed E-state index contributed by atoms with van der Waals surface area (Å²) in [6.07, 6.45) is 0.602. The summed E-state index contributed by atoms with van der Waals surface area (Å²) in [4.78, 5) is 85.6. The maximum atomic E-state index is 11.7. The van der Waals surface area contributed by atoms with E-state index in [2.05, 4.69) is 26.1 Å². The molecule has 1 rings (SSSR count). The summed E-state index contributed by atoms with van der Waals surface area (Å²) in [5, 5.41) is 9.48. The Morgan fingerprint density at radius 2 is 1.37 bits per heavy atom. The molecule has 0 spiro atoms. The van der Waals surface area contributed by atoms with Gasteiger partial charge in [0.05, 0.1) is 26.4 Å². The van der Waals surface area contributed by atoms with E-state index in [1.54, 1.807) is 0 Å². The Labute approximate surface area is 234 Å². The van der Waals surface area contributed by atoms with Crippen LogP contribution in [0.1, 0.15) is 6.42 Å². The molecule has 41 heavy (non-hydrogen) atoms. The first-order chi connectivity index (χ1) is 19.6. The lowest BCUT2D eigenvalue weighted by atomic mass is 10.3. The van der Waals surface area contributed by atoms with E-state index in [4.69, 9.17) is 30.6 Å². The maximum Gasteiger partial charge on any atom is 0.407 e. The average molecular weight is 590 g/mol. The van der Waals surface area contributed by atoms with E-state index in [1.165, 1.54) is 0 Å². The van der Waals surface area contributed by atoms with Crippen molar-refractivity contribution in [2.45, 2.75) is 12.5 Å². The number of rotatable bonds is 21. The standard InChI is InChI=1S/C22H35N7O12/c23-20(34)15(13-27-17(31)14-41-24)28-22(36)40-12-10-38-8-5-26-21(35)39-11-9-37-7-4-25-16(30)3-6-29-18(32)1-2-19(29)33/h1-2,15H,3-14,24H2,(H2,23,34)(H,25,30)(H,26,35)(H,27,31)(H,28,36). The fourth-order valence-electron chi connectivity index (χ4n) is 2.83. The van der Waals surface area contributed by atoms with Crippen LogP contribution in [0.5, 0.6) is 0 Å². The number of nitrogens with one attached hydrogen (secondary N) is 4. The molecule has 1 atom stereocenters. The summed E-state index contributed by atoms with van der Waals surface area (Å²) in [5.74, 6) is 1.99. The number of nitrogens with zero attached hydrogens (tertiary/aromatic N) is 1. The first-order valence-electron chi connectivity index (χ1n) is 12.3. The Bertz CT molecular complexity index is 928. The average Bonchev–Trinajstić information content (AvgIpc) is 3.25. The van der Waals surface area contributed by atoms with Gasteiger partial charge < -0.3 is 45.9 Å². The van der Waals surface area contributed by atoms with E-state index in [1.807, 2.05) is 0 Å². The van der Waals surface area contributed by atoms with Crippen LogP contribution in [0.25, 0.3) is 0 Å². The fraction of sp³-hybridized carbons (Fsp3) is 0.591. The molecule has 0 saturated carbocycles. The number of carbonyl (C=O) groups excluding carboxylic acids is 7. The number of carbonyl (C=O) groups is 7. The van der Waals surface area contributed by atoms with Gasteiger partial charge in [-0.15, -0.1) is 0 Å². The third kappa shape index (κ3) is 16.4. The molecule has 0 aliphatic carbocycles. The second-order valence-electron chi connectivity index (χ2n) is 7.90. The predicted octanol–water partition coefficient (Wildman–Crippen LogP) is -4.24. The van der Waals surface area contributed by atoms with E-state index < -0.39 is 48.5 Å². The number of hydrogen-bond donors (Lipinski definition) is 6. The molecule has 0 aromatic heterocycles. The van der Waals surface area contributed by atoms with Crippen molar-refractivity contribution in [3.05, 3.63) is 12.2 Å². The lowest BCUT2D eigenvalue weighted by molar-refractivity contribution is -0.137. The van der Waals surface area contributed by atoms with Gasteiger partial charge in [0.2, 0.25) is 17.7 Å². The van der Waals surface area contributed by atoms with Crippen molar-refractivity contribution >= 4 is 41.7 Å². The topological polar surface area (TPSA) is 269 Å². The molecule has 7 amide bonds. The molecule has 8 N–H and O–H groups in total. The van der Waals surface area contributed by atoms with Gasteiger partial charge >= 0.3 is 12.2 Å². The monoisotopic (exact) mass is 589 g/mol. The van der Waals surface area contributed by atoms with Crippen LogP contribution in [0.2, 0.25) is 0 Å². The highest BCUT2D eigenvalue weighted by Crippen LogP contribution is 2.03. The molecular weight excluding hydrogens is 554 g/mol. The van der Waals surface area contributed by atoms with Crippen molar-refractivity contribution in [1.29, 1.82) is 0 Å². The molecule has 1 aliphatic heterocycles. The molecule has 0 aromatic carbocycles. The maximum absolute atomic E-state index is 11.7. The Hall–Kier alpha value is -4.33. The van der Waals surface area contributed by atoms with Crippen molar-refractivity contribution in [2.24, 2.45) is 11.6 Å². The number of alkyl carbamates (subject to hydrolysis) is 2. The number of primary amides is 1. The molecule has 0 saturated heterocycles. The van der Waals surface area contributed by atoms with Crippen molar-refractivity contribution in [3.63, 3.8) is 0 Å². The highest BCUT2D eigenvalue weighted by atomic mass is 16.6. The smallest absolute Gasteiger partial charge is 0.407 e. The van der Waals surface area contributed by atoms with Crippen molar-refractivity contribution in [2.75, 3.05) is 72.4 Å². The van der Waals surface area contributed by atoms with Crippen LogP contribution in [-0.2, 0) is 47.8 Å². The molecule has 19 nitrogen and oxygen atoms in total. The van der Waals surface area contributed by atoms with Gasteiger partial charge in [0.15, 0.2) is 0 Å². The quantitative estimate of drug-likeness (QED) is 0.0421. The summed E-state index contributed by atoms with van der Waals surface area (Å²) in [6, 6.07) is -1.22. The summed E-state index contributed by atoms with van der Waals surface area (Å²) in [5.41, 5.74) is 5.15. The second kappa shape index (κ2) is 20.6. The minimum absolute atomic E-state index is 0.00789. The van der Waals surface area contributed by atoms with Crippen molar-refractivity contribution in [1.82, 2.24) is 26.2 Å². The fourth-order valence-corrected chi connectivity index (χ4v) is 2.83. The molecule has 0 bridgehead atoms. The summed E-state index contributed by atoms with van der Waals surface area (Å²) < 4.78 is 20.2. The Morgan fingerprint density at radius 3 is 1.95 bits per heavy atom. The van der Waals surface area contributed by atoms with Crippen LogP contribution in [0.4, 0.5) is 9.59 Å². The minimum atomic E-state index is -1.22. The van der Waals surface area contributed by atoms with E-state index in [9.17, 15) is 33.6 Å². The van der Waals surface area contributed by atoms with Crippen LogP contribution >= 0.6 is 0 Å². The second-order valence-corrected chi connectivity index (χ2v) is 7.90. The van der Waals surface area contributed by atoms with Crippen LogP contribution in [0, 0.1) is 0 Å².